The number of aromatic amines is 2. The number of carbonyl (C=O) groups is 1. The van der Waals surface area contributed by atoms with Crippen molar-refractivity contribution in [1.82, 2.24) is 20.1 Å². The maximum absolute atomic E-state index is 12.3. The third kappa shape index (κ3) is 3.56. The molecular formula is C16H18N4O3. The van der Waals surface area contributed by atoms with Crippen LogP contribution in [0.25, 0.3) is 0 Å². The minimum absolute atomic E-state index is 0.258. The molecule has 1 aromatic carbocycles. The molecule has 7 heteroatoms. The van der Waals surface area contributed by atoms with Gasteiger partial charge in [0.15, 0.2) is 0 Å². The Morgan fingerprint density at radius 2 is 1.87 bits per heavy atom. The van der Waals surface area contributed by atoms with E-state index in [-0.39, 0.29) is 5.69 Å². The zero-order valence-electron chi connectivity index (χ0n) is 12.6. The van der Waals surface area contributed by atoms with E-state index in [2.05, 4.69) is 22.3 Å². The molecule has 1 aliphatic heterocycles. The summed E-state index contributed by atoms with van der Waals surface area (Å²) in [5, 5.41) is 5.66. The third-order valence-electron chi connectivity index (χ3n) is 4.18. The molecule has 1 saturated heterocycles. The second-order valence-corrected chi connectivity index (χ2v) is 5.78. The fourth-order valence-corrected chi connectivity index (χ4v) is 2.93. The van der Waals surface area contributed by atoms with Gasteiger partial charge in [-0.15, -0.1) is 0 Å². The first kappa shape index (κ1) is 15.2. The van der Waals surface area contributed by atoms with Crippen LogP contribution in [0.4, 0.5) is 0 Å². The van der Waals surface area contributed by atoms with Gasteiger partial charge in [0.2, 0.25) is 5.69 Å². The van der Waals surface area contributed by atoms with Gasteiger partial charge in [-0.25, -0.2) is 9.89 Å². The molecule has 1 amide bonds. The number of benzene rings is 1. The Morgan fingerprint density at radius 1 is 1.17 bits per heavy atom. The Morgan fingerprint density at radius 3 is 2.52 bits per heavy atom. The van der Waals surface area contributed by atoms with Crippen LogP contribution in [-0.4, -0.2) is 39.1 Å². The molecule has 1 aliphatic rings. The lowest BCUT2D eigenvalue weighted by molar-refractivity contribution is 0.0681. The van der Waals surface area contributed by atoms with Crippen molar-refractivity contribution >= 4 is 5.91 Å². The lowest BCUT2D eigenvalue weighted by atomic mass is 9.90. The molecule has 0 bridgehead atoms. The first-order valence-corrected chi connectivity index (χ1v) is 7.65. The highest BCUT2D eigenvalue weighted by atomic mass is 16.2. The summed E-state index contributed by atoms with van der Waals surface area (Å²) in [7, 11) is 0. The van der Waals surface area contributed by atoms with E-state index in [9.17, 15) is 14.4 Å². The molecule has 0 radical (unpaired) electrons. The summed E-state index contributed by atoms with van der Waals surface area (Å²) in [6.45, 7) is 1.19. The molecule has 2 heterocycles. The SMILES string of the molecule is O=C(c1n[nH]c(=O)[nH]c1=O)N1CCC(Cc2ccccc2)CC1. The molecule has 1 fully saturated rings. The summed E-state index contributed by atoms with van der Waals surface area (Å²) in [5.74, 6) is 0.101. The Labute approximate surface area is 132 Å². The van der Waals surface area contributed by atoms with Gasteiger partial charge >= 0.3 is 5.69 Å². The number of hydrogen-bond acceptors (Lipinski definition) is 4. The van der Waals surface area contributed by atoms with Crippen molar-refractivity contribution in [3.8, 4) is 0 Å². The molecule has 0 spiro atoms. The first-order valence-electron chi connectivity index (χ1n) is 7.65. The van der Waals surface area contributed by atoms with Crippen LogP contribution in [0, 0.1) is 5.92 Å². The Hall–Kier alpha value is -2.70. The Bertz CT molecular complexity index is 789. The number of amides is 1. The van der Waals surface area contributed by atoms with Crippen LogP contribution in [0.15, 0.2) is 39.9 Å². The van der Waals surface area contributed by atoms with Crippen LogP contribution < -0.4 is 11.2 Å². The van der Waals surface area contributed by atoms with Crippen molar-refractivity contribution < 1.29 is 4.79 Å². The molecule has 2 N–H and O–H groups in total. The molecule has 1 aromatic heterocycles. The molecule has 23 heavy (non-hydrogen) atoms. The predicted octanol–water partition coefficient (Wildman–Crippen LogP) is 0.553. The fraction of sp³-hybridized carbons (Fsp3) is 0.375. The van der Waals surface area contributed by atoms with Crippen molar-refractivity contribution in [2.24, 2.45) is 5.92 Å². The minimum Gasteiger partial charge on any atom is -0.337 e. The number of aromatic nitrogens is 3. The standard InChI is InChI=1S/C16H18N4O3/c21-14-13(18-19-16(23)17-14)15(22)20-8-6-12(7-9-20)10-11-4-2-1-3-5-11/h1-5,12H,6-10H2,(H2,17,19,21,23). The van der Waals surface area contributed by atoms with E-state index in [1.54, 1.807) is 4.90 Å². The summed E-state index contributed by atoms with van der Waals surface area (Å²) in [5.41, 5.74) is -0.416. The van der Waals surface area contributed by atoms with Gasteiger partial charge in [-0.3, -0.25) is 14.6 Å². The number of H-pyrrole nitrogens is 2. The van der Waals surface area contributed by atoms with Crippen LogP contribution in [0.5, 0.6) is 0 Å². The normalized spacial score (nSPS) is 15.6. The van der Waals surface area contributed by atoms with Crippen molar-refractivity contribution in [2.75, 3.05) is 13.1 Å². The zero-order valence-corrected chi connectivity index (χ0v) is 12.6. The van der Waals surface area contributed by atoms with E-state index in [1.807, 2.05) is 23.2 Å². The molecular weight excluding hydrogens is 296 g/mol. The number of carbonyl (C=O) groups excluding carboxylic acids is 1. The lowest BCUT2D eigenvalue weighted by Gasteiger charge is -2.31. The number of nitrogens with zero attached hydrogens (tertiary/aromatic N) is 2. The topological polar surface area (TPSA) is 98.9 Å². The highest BCUT2D eigenvalue weighted by molar-refractivity contribution is 5.91. The second kappa shape index (κ2) is 6.60. The van der Waals surface area contributed by atoms with E-state index in [1.165, 1.54) is 5.56 Å². The Balaban J connectivity index is 1.61. The Kier molecular flexibility index (Phi) is 4.36. The molecule has 2 aromatic rings. The predicted molar refractivity (Wildman–Crippen MR) is 84.3 cm³/mol. The molecule has 0 aliphatic carbocycles. The summed E-state index contributed by atoms with van der Waals surface area (Å²) < 4.78 is 0. The van der Waals surface area contributed by atoms with Gasteiger partial charge in [0.05, 0.1) is 0 Å². The molecule has 3 rings (SSSR count). The summed E-state index contributed by atoms with van der Waals surface area (Å²) in [6.07, 6.45) is 2.78. The molecule has 0 atom stereocenters. The van der Waals surface area contributed by atoms with Crippen LogP contribution in [0.1, 0.15) is 28.9 Å². The highest BCUT2D eigenvalue weighted by Gasteiger charge is 2.26. The third-order valence-corrected chi connectivity index (χ3v) is 4.18. The van der Waals surface area contributed by atoms with Gasteiger partial charge in [-0.2, -0.15) is 5.10 Å². The van der Waals surface area contributed by atoms with Crippen molar-refractivity contribution in [1.29, 1.82) is 0 Å². The largest absolute Gasteiger partial charge is 0.342 e. The summed E-state index contributed by atoms with van der Waals surface area (Å²) in [6, 6.07) is 10.3. The van der Waals surface area contributed by atoms with Crippen molar-refractivity contribution in [3.63, 3.8) is 0 Å². The number of likely N-dealkylation sites (tertiary alicyclic amines) is 1. The van der Waals surface area contributed by atoms with Crippen LogP contribution in [-0.2, 0) is 6.42 Å². The lowest BCUT2D eigenvalue weighted by Crippen LogP contribution is -2.42. The van der Waals surface area contributed by atoms with E-state index >= 15 is 0 Å². The maximum Gasteiger partial charge on any atom is 0.342 e. The van der Waals surface area contributed by atoms with Crippen molar-refractivity contribution in [3.05, 3.63) is 62.4 Å². The molecule has 7 nitrogen and oxygen atoms in total. The van der Waals surface area contributed by atoms with Crippen LogP contribution in [0.3, 0.4) is 0 Å². The van der Waals surface area contributed by atoms with Crippen LogP contribution >= 0.6 is 0 Å². The number of piperidine rings is 1. The highest BCUT2D eigenvalue weighted by Crippen LogP contribution is 2.22. The minimum atomic E-state index is -0.745. The van der Waals surface area contributed by atoms with Gasteiger partial charge < -0.3 is 4.90 Å². The first-order chi connectivity index (χ1) is 11.1. The van der Waals surface area contributed by atoms with E-state index < -0.39 is 17.2 Å². The average molecular weight is 314 g/mol. The number of rotatable bonds is 3. The van der Waals surface area contributed by atoms with Gasteiger partial charge in [0.1, 0.15) is 0 Å². The quantitative estimate of drug-likeness (QED) is 0.864. The molecule has 0 saturated carbocycles. The van der Waals surface area contributed by atoms with E-state index in [4.69, 9.17) is 0 Å². The number of hydrogen-bond donors (Lipinski definition) is 2. The van der Waals surface area contributed by atoms with Crippen LogP contribution in [0.2, 0.25) is 0 Å². The summed E-state index contributed by atoms with van der Waals surface area (Å²) in [4.78, 5) is 38.6. The van der Waals surface area contributed by atoms with Gasteiger partial charge in [0, 0.05) is 13.1 Å². The fourth-order valence-electron chi connectivity index (χ4n) is 2.93. The van der Waals surface area contributed by atoms with Gasteiger partial charge in [0.25, 0.3) is 11.5 Å². The smallest absolute Gasteiger partial charge is 0.337 e. The van der Waals surface area contributed by atoms with E-state index in [0.29, 0.717) is 19.0 Å². The van der Waals surface area contributed by atoms with Crippen molar-refractivity contribution in [2.45, 2.75) is 19.3 Å². The molecule has 0 unspecified atom stereocenters. The maximum atomic E-state index is 12.3. The average Bonchev–Trinajstić information content (AvgIpc) is 2.56. The number of nitrogens with one attached hydrogen (secondary N) is 2. The van der Waals surface area contributed by atoms with E-state index in [0.717, 1.165) is 19.3 Å². The van der Waals surface area contributed by atoms with Gasteiger partial charge in [-0.05, 0) is 30.7 Å². The zero-order chi connectivity index (χ0) is 16.2. The monoisotopic (exact) mass is 314 g/mol. The van der Waals surface area contributed by atoms with Gasteiger partial charge in [-0.1, -0.05) is 30.3 Å². The second-order valence-electron chi connectivity index (χ2n) is 5.78. The molecule has 120 valence electrons. The summed E-state index contributed by atoms with van der Waals surface area (Å²) >= 11 is 0.